The fraction of sp³-hybridized carbons (Fsp3) is 0.273. The molecule has 0 aromatic heterocycles. The van der Waals surface area contributed by atoms with Gasteiger partial charge in [-0.3, -0.25) is 0 Å². The lowest BCUT2D eigenvalue weighted by Gasteiger charge is -2.17. The van der Waals surface area contributed by atoms with E-state index in [1.165, 1.54) is 42.5 Å². The largest absolute Gasteiger partial charge is 0.508 e. The van der Waals surface area contributed by atoms with Crippen LogP contribution in [-0.4, -0.2) is 54.7 Å². The molecule has 0 aliphatic carbocycles. The summed E-state index contributed by atoms with van der Waals surface area (Å²) in [6.07, 6.45) is 7.12. The Morgan fingerprint density at radius 1 is 0.793 bits per heavy atom. The van der Waals surface area contributed by atoms with Gasteiger partial charge in [0.25, 0.3) is 0 Å². The van der Waals surface area contributed by atoms with E-state index in [-0.39, 0.29) is 30.1 Å². The van der Waals surface area contributed by atoms with Crippen LogP contribution in [-0.2, 0) is 28.5 Å². The van der Waals surface area contributed by atoms with Crippen LogP contribution >= 0.6 is 0 Å². The summed E-state index contributed by atoms with van der Waals surface area (Å²) in [5.41, 5.74) is 0.411. The minimum Gasteiger partial charge on any atom is -0.508 e. The Bertz CT molecular complexity index is 787. The minimum absolute atomic E-state index is 0.101. The first-order valence-corrected chi connectivity index (χ1v) is 8.91. The van der Waals surface area contributed by atoms with Gasteiger partial charge in [0.15, 0.2) is 12.2 Å². The third-order valence-corrected chi connectivity index (χ3v) is 4.33. The molecule has 0 unspecified atom stereocenters. The van der Waals surface area contributed by atoms with Crippen LogP contribution in [0.25, 0.3) is 0 Å². The molecule has 0 bridgehead atoms. The number of carbonyl (C=O) groups excluding carboxylic acids is 2. The third-order valence-electron chi connectivity index (χ3n) is 4.33. The molecular formula is C22H24O7. The number of aliphatic hydroxyl groups excluding tert-OH is 1. The second-order valence-electron chi connectivity index (χ2n) is 6.17. The number of aliphatic hydroxyl groups is 1. The summed E-state index contributed by atoms with van der Waals surface area (Å²) in [7, 11) is 0. The normalized spacial score (nSPS) is 27.0. The molecule has 2 rings (SSSR count). The van der Waals surface area contributed by atoms with E-state index in [9.17, 15) is 14.7 Å². The molecule has 0 saturated carbocycles. The molecule has 29 heavy (non-hydrogen) atoms. The summed E-state index contributed by atoms with van der Waals surface area (Å²) >= 11 is 0. The zero-order valence-electron chi connectivity index (χ0n) is 16.0. The molecule has 0 aromatic rings. The van der Waals surface area contributed by atoms with Crippen LogP contribution < -0.4 is 0 Å². The quantitative estimate of drug-likeness (QED) is 0.275. The highest BCUT2D eigenvalue weighted by Gasteiger charge is 2.51. The zero-order chi connectivity index (χ0) is 21.4. The number of esters is 2. The average Bonchev–Trinajstić information content (AvgIpc) is 3.29. The van der Waals surface area contributed by atoms with Crippen molar-refractivity contribution in [1.82, 2.24) is 0 Å². The van der Waals surface area contributed by atoms with Gasteiger partial charge in [-0.25, -0.2) is 9.59 Å². The van der Waals surface area contributed by atoms with Gasteiger partial charge in [0.2, 0.25) is 0 Å². The Morgan fingerprint density at radius 3 is 1.69 bits per heavy atom. The molecule has 4 atom stereocenters. The Kier molecular flexibility index (Phi) is 7.94. The summed E-state index contributed by atoms with van der Waals surface area (Å²) < 4.78 is 22.2. The van der Waals surface area contributed by atoms with Crippen LogP contribution in [0.15, 0.2) is 85.8 Å². The van der Waals surface area contributed by atoms with Crippen LogP contribution in [0.3, 0.4) is 0 Å². The van der Waals surface area contributed by atoms with Gasteiger partial charge < -0.3 is 24.1 Å². The molecule has 1 N–H and O–H groups in total. The van der Waals surface area contributed by atoms with Crippen molar-refractivity contribution in [3.05, 3.63) is 85.8 Å². The standard InChI is InChI=1S/C22H24O7/c1-5-9-14(6-2)21(24)28-17-12-26-20-18(13-27-19(17)20)29-22(25)15(7-3)10-11-16(23)8-4/h5-11,17-20,23H,1-4,12-13H2/b14-9+,15-10+,16-11+/t17-,18+,19-,20-/m1/s1. The molecule has 0 aromatic carbocycles. The maximum absolute atomic E-state index is 12.4. The van der Waals surface area contributed by atoms with E-state index in [0.717, 1.165) is 0 Å². The second kappa shape index (κ2) is 10.4. The fourth-order valence-corrected chi connectivity index (χ4v) is 2.85. The Morgan fingerprint density at radius 2 is 1.28 bits per heavy atom. The number of ether oxygens (including phenoxy) is 4. The molecule has 2 aliphatic heterocycles. The summed E-state index contributed by atoms with van der Waals surface area (Å²) in [4.78, 5) is 24.5. The smallest absolute Gasteiger partial charge is 0.338 e. The van der Waals surface area contributed by atoms with Crippen molar-refractivity contribution < 1.29 is 33.6 Å². The van der Waals surface area contributed by atoms with Crippen molar-refractivity contribution in [3.63, 3.8) is 0 Å². The van der Waals surface area contributed by atoms with Crippen LogP contribution in [0.4, 0.5) is 0 Å². The van der Waals surface area contributed by atoms with Gasteiger partial charge in [-0.1, -0.05) is 44.5 Å². The lowest BCUT2D eigenvalue weighted by atomic mass is 10.1. The first-order valence-electron chi connectivity index (χ1n) is 8.91. The van der Waals surface area contributed by atoms with E-state index < -0.39 is 36.4 Å². The number of allylic oxidation sites excluding steroid dienone is 5. The molecule has 0 spiro atoms. The molecule has 7 nitrogen and oxygen atoms in total. The number of hydrogen-bond donors (Lipinski definition) is 1. The zero-order valence-corrected chi connectivity index (χ0v) is 16.0. The summed E-state index contributed by atoms with van der Waals surface area (Å²) in [6, 6.07) is 0. The van der Waals surface area contributed by atoms with Crippen molar-refractivity contribution >= 4 is 11.9 Å². The monoisotopic (exact) mass is 400 g/mol. The van der Waals surface area contributed by atoms with Crippen molar-refractivity contribution in [1.29, 1.82) is 0 Å². The van der Waals surface area contributed by atoms with Crippen molar-refractivity contribution in [2.45, 2.75) is 24.4 Å². The first-order chi connectivity index (χ1) is 13.9. The van der Waals surface area contributed by atoms with Gasteiger partial charge in [-0.15, -0.1) is 0 Å². The van der Waals surface area contributed by atoms with E-state index >= 15 is 0 Å². The predicted octanol–water partition coefficient (Wildman–Crippen LogP) is 2.65. The van der Waals surface area contributed by atoms with Crippen LogP contribution in [0.1, 0.15) is 0 Å². The van der Waals surface area contributed by atoms with Gasteiger partial charge >= 0.3 is 11.9 Å². The number of carbonyl (C=O) groups is 2. The lowest BCUT2D eigenvalue weighted by Crippen LogP contribution is -2.36. The van der Waals surface area contributed by atoms with Crippen molar-refractivity contribution in [2.75, 3.05) is 13.2 Å². The maximum Gasteiger partial charge on any atom is 0.338 e. The molecule has 154 valence electrons. The van der Waals surface area contributed by atoms with Gasteiger partial charge in [-0.05, 0) is 24.3 Å². The van der Waals surface area contributed by atoms with Gasteiger partial charge in [0.1, 0.15) is 18.0 Å². The van der Waals surface area contributed by atoms with Crippen LogP contribution in [0.5, 0.6) is 0 Å². The van der Waals surface area contributed by atoms with Gasteiger partial charge in [0, 0.05) is 0 Å². The molecule has 0 radical (unpaired) electrons. The topological polar surface area (TPSA) is 91.3 Å². The van der Waals surface area contributed by atoms with E-state index in [4.69, 9.17) is 18.9 Å². The van der Waals surface area contributed by atoms with E-state index in [2.05, 4.69) is 26.3 Å². The van der Waals surface area contributed by atoms with Crippen LogP contribution in [0, 0.1) is 0 Å². The maximum atomic E-state index is 12.4. The van der Waals surface area contributed by atoms with Crippen LogP contribution in [0.2, 0.25) is 0 Å². The molecule has 0 amide bonds. The van der Waals surface area contributed by atoms with Gasteiger partial charge in [0.05, 0.1) is 24.4 Å². The van der Waals surface area contributed by atoms with Crippen molar-refractivity contribution in [2.24, 2.45) is 0 Å². The fourth-order valence-electron chi connectivity index (χ4n) is 2.85. The predicted molar refractivity (Wildman–Crippen MR) is 107 cm³/mol. The molecule has 2 saturated heterocycles. The third kappa shape index (κ3) is 5.43. The molecular weight excluding hydrogens is 376 g/mol. The Hall–Kier alpha value is -3.16. The van der Waals surface area contributed by atoms with Gasteiger partial charge in [-0.2, -0.15) is 0 Å². The second-order valence-corrected chi connectivity index (χ2v) is 6.17. The lowest BCUT2D eigenvalue weighted by molar-refractivity contribution is -0.150. The highest BCUT2D eigenvalue weighted by Crippen LogP contribution is 2.31. The van der Waals surface area contributed by atoms with E-state index in [0.29, 0.717) is 0 Å². The Balaban J connectivity index is 2.00. The molecule has 2 fully saturated rings. The summed E-state index contributed by atoms with van der Waals surface area (Å²) in [5.74, 6) is -1.31. The highest BCUT2D eigenvalue weighted by molar-refractivity contribution is 5.92. The summed E-state index contributed by atoms with van der Waals surface area (Å²) in [5, 5.41) is 9.40. The average molecular weight is 400 g/mol. The SMILES string of the molecule is C=C/C=C(\C=C)C(=O)O[C@@H]1CO[C@H]2[C@@H]1OC[C@@H]2OC(=O)/C(C=C)=C/C=C(/O)C=C. The van der Waals surface area contributed by atoms with Crippen molar-refractivity contribution in [3.8, 4) is 0 Å². The number of rotatable bonds is 9. The molecule has 2 aliphatic rings. The Labute approximate surface area is 169 Å². The molecule has 7 heteroatoms. The van der Waals surface area contributed by atoms with E-state index in [1.807, 2.05) is 0 Å². The first kappa shape index (κ1) is 22.1. The van der Waals surface area contributed by atoms with E-state index in [1.54, 1.807) is 0 Å². The number of hydrogen-bond acceptors (Lipinski definition) is 7. The minimum atomic E-state index is -0.667. The summed E-state index contributed by atoms with van der Waals surface area (Å²) in [6.45, 7) is 14.3. The number of fused-ring (bicyclic) bond motifs is 1. The highest BCUT2D eigenvalue weighted by atomic mass is 16.7. The molecule has 2 heterocycles.